The third-order valence-electron chi connectivity index (χ3n) is 7.30. The second-order valence-electron chi connectivity index (χ2n) is 11.4. The molecular formula is C29H46N2O6. The quantitative estimate of drug-likeness (QED) is 0.328. The van der Waals surface area contributed by atoms with Crippen LogP contribution in [0, 0.1) is 11.3 Å². The lowest BCUT2D eigenvalue weighted by molar-refractivity contribution is -0.147. The van der Waals surface area contributed by atoms with Crippen molar-refractivity contribution < 1.29 is 29.3 Å². The summed E-state index contributed by atoms with van der Waals surface area (Å²) in [7, 11) is 0. The van der Waals surface area contributed by atoms with Gasteiger partial charge in [-0.2, -0.15) is 0 Å². The first-order chi connectivity index (χ1) is 17.6. The first kappa shape index (κ1) is 30.6. The summed E-state index contributed by atoms with van der Waals surface area (Å²) < 4.78 is 4.98. The molecule has 1 unspecified atom stereocenters. The first-order valence-corrected chi connectivity index (χ1v) is 13.7. The van der Waals surface area contributed by atoms with Gasteiger partial charge in [0.15, 0.2) is 0 Å². The Morgan fingerprint density at radius 2 is 1.38 bits per heavy atom. The highest BCUT2D eigenvalue weighted by Gasteiger charge is 2.36. The van der Waals surface area contributed by atoms with Gasteiger partial charge in [-0.05, 0) is 43.1 Å². The van der Waals surface area contributed by atoms with E-state index < -0.39 is 35.4 Å². The molecule has 0 aromatic heterocycles. The SMILES string of the molecule is C1CCC(NC2CCCCC2)CC1.CC(C)(C)C(C[C@H](NC(=O)OCc1ccccc1)C(=O)O)C(=O)O. The molecule has 0 radical (unpaired) electrons. The number of hydrogen-bond donors (Lipinski definition) is 4. The highest BCUT2D eigenvalue weighted by atomic mass is 16.5. The van der Waals surface area contributed by atoms with Crippen molar-refractivity contribution in [3.8, 4) is 0 Å². The highest BCUT2D eigenvalue weighted by Crippen LogP contribution is 2.30. The predicted molar refractivity (Wildman–Crippen MR) is 143 cm³/mol. The van der Waals surface area contributed by atoms with Crippen molar-refractivity contribution in [3.05, 3.63) is 35.9 Å². The van der Waals surface area contributed by atoms with E-state index >= 15 is 0 Å². The van der Waals surface area contributed by atoms with Gasteiger partial charge in [0.2, 0.25) is 0 Å². The number of carboxylic acids is 2. The van der Waals surface area contributed by atoms with Gasteiger partial charge in [0.05, 0.1) is 5.92 Å². The summed E-state index contributed by atoms with van der Waals surface area (Å²) in [6.07, 6.45) is 13.4. The van der Waals surface area contributed by atoms with Gasteiger partial charge in [-0.25, -0.2) is 9.59 Å². The van der Waals surface area contributed by atoms with Crippen LogP contribution in [-0.2, 0) is 20.9 Å². The average Bonchev–Trinajstić information content (AvgIpc) is 2.86. The molecule has 1 aromatic carbocycles. The van der Waals surface area contributed by atoms with Gasteiger partial charge in [0, 0.05) is 12.1 Å². The van der Waals surface area contributed by atoms with Crippen molar-refractivity contribution in [1.29, 1.82) is 0 Å². The fourth-order valence-electron chi connectivity index (χ4n) is 5.06. The summed E-state index contributed by atoms with van der Waals surface area (Å²) in [6, 6.07) is 9.34. The van der Waals surface area contributed by atoms with Gasteiger partial charge in [-0.15, -0.1) is 0 Å². The lowest BCUT2D eigenvalue weighted by Crippen LogP contribution is -2.45. The van der Waals surface area contributed by atoms with E-state index in [2.05, 4.69) is 10.6 Å². The number of carbonyl (C=O) groups is 3. The van der Waals surface area contributed by atoms with Gasteiger partial charge in [0.25, 0.3) is 0 Å². The molecule has 3 rings (SSSR count). The van der Waals surface area contributed by atoms with Gasteiger partial charge < -0.3 is 25.6 Å². The molecule has 2 fully saturated rings. The molecule has 37 heavy (non-hydrogen) atoms. The molecule has 0 heterocycles. The zero-order valence-electron chi connectivity index (χ0n) is 22.7. The van der Waals surface area contributed by atoms with E-state index in [9.17, 15) is 24.6 Å². The number of benzene rings is 1. The zero-order valence-corrected chi connectivity index (χ0v) is 22.7. The fourth-order valence-corrected chi connectivity index (χ4v) is 5.06. The number of alkyl carbamates (subject to hydrolysis) is 1. The maximum Gasteiger partial charge on any atom is 0.408 e. The minimum Gasteiger partial charge on any atom is -0.481 e. The lowest BCUT2D eigenvalue weighted by Gasteiger charge is -2.30. The van der Waals surface area contributed by atoms with Crippen LogP contribution in [0.5, 0.6) is 0 Å². The van der Waals surface area contributed by atoms with E-state index in [0.29, 0.717) is 0 Å². The smallest absolute Gasteiger partial charge is 0.408 e. The zero-order chi connectivity index (χ0) is 27.3. The number of nitrogens with one attached hydrogen (secondary N) is 2. The van der Waals surface area contributed by atoms with E-state index in [1.54, 1.807) is 45.0 Å². The largest absolute Gasteiger partial charge is 0.481 e. The Morgan fingerprint density at radius 3 is 1.81 bits per heavy atom. The molecule has 2 saturated carbocycles. The third kappa shape index (κ3) is 12.0. The molecule has 2 atom stereocenters. The van der Waals surface area contributed by atoms with Crippen molar-refractivity contribution in [2.24, 2.45) is 11.3 Å². The van der Waals surface area contributed by atoms with E-state index in [-0.39, 0.29) is 13.0 Å². The summed E-state index contributed by atoms with van der Waals surface area (Å²) in [4.78, 5) is 34.5. The molecule has 0 saturated heterocycles. The van der Waals surface area contributed by atoms with Crippen molar-refractivity contribution in [3.63, 3.8) is 0 Å². The number of amides is 1. The maximum absolute atomic E-state index is 11.8. The third-order valence-corrected chi connectivity index (χ3v) is 7.30. The van der Waals surface area contributed by atoms with Gasteiger partial charge >= 0.3 is 18.0 Å². The molecule has 0 bridgehead atoms. The molecule has 2 aliphatic rings. The Labute approximate surface area is 221 Å². The van der Waals surface area contributed by atoms with Crippen molar-refractivity contribution in [2.75, 3.05) is 0 Å². The summed E-state index contributed by atoms with van der Waals surface area (Å²) in [5.41, 5.74) is 0.118. The number of carboxylic acid groups (broad SMARTS) is 2. The first-order valence-electron chi connectivity index (χ1n) is 13.7. The minimum absolute atomic E-state index is 0.000637. The number of carbonyl (C=O) groups excluding carboxylic acids is 1. The molecule has 1 amide bonds. The normalized spacial score (nSPS) is 18.6. The second kappa shape index (κ2) is 15.6. The number of aliphatic carboxylic acids is 2. The molecule has 2 aliphatic carbocycles. The molecular weight excluding hydrogens is 472 g/mol. The van der Waals surface area contributed by atoms with E-state index in [1.165, 1.54) is 64.2 Å². The average molecular weight is 519 g/mol. The Balaban J connectivity index is 0.000000308. The fraction of sp³-hybridized carbons (Fsp3) is 0.690. The molecule has 4 N–H and O–H groups in total. The predicted octanol–water partition coefficient (Wildman–Crippen LogP) is 5.74. The Kier molecular flexibility index (Phi) is 12.9. The second-order valence-corrected chi connectivity index (χ2v) is 11.4. The van der Waals surface area contributed by atoms with Crippen molar-refractivity contribution in [1.82, 2.24) is 10.6 Å². The topological polar surface area (TPSA) is 125 Å². The van der Waals surface area contributed by atoms with Crippen LogP contribution in [0.1, 0.15) is 97.0 Å². The molecule has 0 aliphatic heterocycles. The van der Waals surface area contributed by atoms with Crippen LogP contribution in [0.3, 0.4) is 0 Å². The van der Waals surface area contributed by atoms with E-state index in [4.69, 9.17) is 4.74 Å². The van der Waals surface area contributed by atoms with Gasteiger partial charge in [-0.3, -0.25) is 4.79 Å². The van der Waals surface area contributed by atoms with Crippen LogP contribution in [0.15, 0.2) is 30.3 Å². The van der Waals surface area contributed by atoms with Crippen LogP contribution >= 0.6 is 0 Å². The summed E-state index contributed by atoms with van der Waals surface area (Å²) in [5.74, 6) is -3.33. The number of rotatable bonds is 9. The van der Waals surface area contributed by atoms with E-state index in [0.717, 1.165) is 17.6 Å². The van der Waals surface area contributed by atoms with Gasteiger partial charge in [-0.1, -0.05) is 89.6 Å². The number of hydrogen-bond acceptors (Lipinski definition) is 5. The summed E-state index contributed by atoms with van der Waals surface area (Å²) in [5, 5.41) is 24.6. The minimum atomic E-state index is -1.34. The molecule has 0 spiro atoms. The lowest BCUT2D eigenvalue weighted by atomic mass is 9.77. The van der Waals surface area contributed by atoms with Crippen LogP contribution in [-0.4, -0.2) is 46.4 Å². The molecule has 8 nitrogen and oxygen atoms in total. The van der Waals surface area contributed by atoms with E-state index in [1.807, 2.05) is 6.07 Å². The Hall–Kier alpha value is -2.61. The van der Waals surface area contributed by atoms with Gasteiger partial charge in [0.1, 0.15) is 12.6 Å². The number of ether oxygens (including phenoxy) is 1. The standard InChI is InChI=1S/C17H23NO6.C12H23N/c1-17(2,3)12(14(19)20)9-13(15(21)22)18-16(23)24-10-11-7-5-4-6-8-11;1-3-7-11(8-4-1)13-12-9-5-2-6-10-12/h4-8,12-13H,9-10H2,1-3H3,(H,18,23)(H,19,20)(H,21,22);11-13H,1-10H2/t12?,13-;/m0./s1. The molecule has 1 aromatic rings. The van der Waals surface area contributed by atoms with Crippen LogP contribution in [0.2, 0.25) is 0 Å². The van der Waals surface area contributed by atoms with Crippen molar-refractivity contribution in [2.45, 2.75) is 116 Å². The summed E-state index contributed by atoms with van der Waals surface area (Å²) >= 11 is 0. The highest BCUT2D eigenvalue weighted by molar-refractivity contribution is 5.81. The Bertz CT molecular complexity index is 811. The van der Waals surface area contributed by atoms with Crippen LogP contribution in [0.25, 0.3) is 0 Å². The molecule has 208 valence electrons. The van der Waals surface area contributed by atoms with Crippen LogP contribution < -0.4 is 10.6 Å². The van der Waals surface area contributed by atoms with Crippen LogP contribution in [0.4, 0.5) is 4.79 Å². The maximum atomic E-state index is 11.8. The Morgan fingerprint density at radius 1 is 0.865 bits per heavy atom. The van der Waals surface area contributed by atoms with Crippen molar-refractivity contribution >= 4 is 18.0 Å². The monoisotopic (exact) mass is 518 g/mol. The molecule has 8 heteroatoms. The summed E-state index contributed by atoms with van der Waals surface area (Å²) in [6.45, 7) is 5.12.